The lowest BCUT2D eigenvalue weighted by Gasteiger charge is -2.35. The van der Waals surface area contributed by atoms with E-state index in [2.05, 4.69) is 25.0 Å². The van der Waals surface area contributed by atoms with E-state index in [9.17, 15) is 4.79 Å². The molecule has 130 valence electrons. The average molecular weight is 356 g/mol. The average Bonchev–Trinajstić information content (AvgIpc) is 3.03. The maximum absolute atomic E-state index is 12.1. The molecule has 0 N–H and O–H groups in total. The Morgan fingerprint density at radius 1 is 1.16 bits per heavy atom. The monoisotopic (exact) mass is 356 g/mol. The van der Waals surface area contributed by atoms with Gasteiger partial charge in [-0.3, -0.25) is 9.69 Å². The third-order valence-electron chi connectivity index (χ3n) is 4.57. The molecule has 1 fully saturated rings. The van der Waals surface area contributed by atoms with Gasteiger partial charge < -0.3 is 9.47 Å². The van der Waals surface area contributed by atoms with Crippen LogP contribution in [-0.2, 0) is 13.6 Å². The van der Waals surface area contributed by atoms with Crippen molar-refractivity contribution in [3.63, 3.8) is 0 Å². The summed E-state index contributed by atoms with van der Waals surface area (Å²) in [6.45, 7) is 6.73. The Morgan fingerprint density at radius 2 is 1.96 bits per heavy atom. The van der Waals surface area contributed by atoms with E-state index in [1.54, 1.807) is 24.7 Å². The molecule has 7 nitrogen and oxygen atoms in total. The van der Waals surface area contributed by atoms with Gasteiger partial charge in [-0.1, -0.05) is 0 Å². The Kier molecular flexibility index (Phi) is 4.22. The first kappa shape index (κ1) is 16.2. The van der Waals surface area contributed by atoms with Gasteiger partial charge in [-0.15, -0.1) is 21.5 Å². The number of anilines is 1. The highest BCUT2D eigenvalue weighted by atomic mass is 32.1. The molecule has 3 heterocycles. The lowest BCUT2D eigenvalue weighted by atomic mass is 10.2. The fraction of sp³-hybridized carbons (Fsp3) is 0.412. The first-order valence-electron chi connectivity index (χ1n) is 8.32. The smallest absolute Gasteiger partial charge is 0.260 e. The van der Waals surface area contributed by atoms with Crippen LogP contribution in [0.3, 0.4) is 0 Å². The van der Waals surface area contributed by atoms with Gasteiger partial charge in [-0.25, -0.2) is 4.98 Å². The highest BCUT2D eigenvalue weighted by Gasteiger charge is 2.19. The molecule has 1 saturated heterocycles. The van der Waals surface area contributed by atoms with Crippen LogP contribution in [0.5, 0.6) is 0 Å². The molecule has 0 aliphatic carbocycles. The summed E-state index contributed by atoms with van der Waals surface area (Å²) >= 11 is 1.67. The fourth-order valence-electron chi connectivity index (χ4n) is 3.15. The molecular weight excluding hydrogens is 336 g/mol. The van der Waals surface area contributed by atoms with Crippen molar-refractivity contribution in [1.82, 2.24) is 24.6 Å². The molecule has 1 aliphatic heterocycles. The van der Waals surface area contributed by atoms with Crippen molar-refractivity contribution >= 4 is 27.9 Å². The maximum Gasteiger partial charge on any atom is 0.260 e. The zero-order valence-electron chi connectivity index (χ0n) is 14.3. The minimum Gasteiger partial charge on any atom is -0.369 e. The van der Waals surface area contributed by atoms with Crippen LogP contribution < -0.4 is 10.5 Å². The molecule has 0 radical (unpaired) electrons. The lowest BCUT2D eigenvalue weighted by Crippen LogP contribution is -2.46. The molecule has 0 unspecified atom stereocenters. The van der Waals surface area contributed by atoms with Crippen LogP contribution in [0.2, 0.25) is 0 Å². The fourth-order valence-corrected chi connectivity index (χ4v) is 3.90. The number of nitrogens with zero attached hydrogens (tertiary/aromatic N) is 6. The number of hydrogen-bond acceptors (Lipinski definition) is 7. The summed E-state index contributed by atoms with van der Waals surface area (Å²) in [6.07, 6.45) is 1.58. The van der Waals surface area contributed by atoms with E-state index in [-0.39, 0.29) is 5.56 Å². The van der Waals surface area contributed by atoms with E-state index in [0.717, 1.165) is 53.9 Å². The van der Waals surface area contributed by atoms with E-state index in [1.165, 1.54) is 4.57 Å². The van der Waals surface area contributed by atoms with Gasteiger partial charge in [0.1, 0.15) is 10.0 Å². The van der Waals surface area contributed by atoms with Crippen LogP contribution in [0.1, 0.15) is 10.0 Å². The van der Waals surface area contributed by atoms with Crippen molar-refractivity contribution in [2.24, 2.45) is 7.05 Å². The molecule has 0 amide bonds. The van der Waals surface area contributed by atoms with Crippen molar-refractivity contribution in [1.29, 1.82) is 0 Å². The quantitative estimate of drug-likeness (QED) is 0.707. The second-order valence-corrected chi connectivity index (χ2v) is 7.61. The van der Waals surface area contributed by atoms with E-state index in [4.69, 9.17) is 0 Å². The van der Waals surface area contributed by atoms with Crippen LogP contribution >= 0.6 is 11.3 Å². The Balaban J connectivity index is 1.46. The topological polar surface area (TPSA) is 67.2 Å². The molecular formula is C17H20N6OS. The first-order chi connectivity index (χ1) is 12.1. The zero-order chi connectivity index (χ0) is 17.4. The van der Waals surface area contributed by atoms with Crippen LogP contribution in [-0.4, -0.2) is 50.8 Å². The van der Waals surface area contributed by atoms with Crippen molar-refractivity contribution in [2.45, 2.75) is 13.5 Å². The van der Waals surface area contributed by atoms with Crippen LogP contribution in [0.4, 0.5) is 5.69 Å². The van der Waals surface area contributed by atoms with Gasteiger partial charge in [0.2, 0.25) is 0 Å². The molecule has 0 saturated carbocycles. The van der Waals surface area contributed by atoms with Crippen LogP contribution in [0, 0.1) is 6.92 Å². The van der Waals surface area contributed by atoms with E-state index in [1.807, 2.05) is 25.1 Å². The largest absolute Gasteiger partial charge is 0.369 e. The van der Waals surface area contributed by atoms with Gasteiger partial charge >= 0.3 is 0 Å². The number of rotatable bonds is 3. The van der Waals surface area contributed by atoms with Gasteiger partial charge in [0.25, 0.3) is 5.56 Å². The molecule has 8 heteroatoms. The van der Waals surface area contributed by atoms with Crippen LogP contribution in [0.25, 0.3) is 10.9 Å². The molecule has 1 aromatic carbocycles. The van der Waals surface area contributed by atoms with Gasteiger partial charge in [0, 0.05) is 38.9 Å². The van der Waals surface area contributed by atoms with E-state index < -0.39 is 0 Å². The molecule has 0 bridgehead atoms. The number of piperazine rings is 1. The number of benzene rings is 1. The predicted octanol–water partition coefficient (Wildman–Crippen LogP) is 1.42. The van der Waals surface area contributed by atoms with Gasteiger partial charge in [0.15, 0.2) is 0 Å². The van der Waals surface area contributed by atoms with Crippen LogP contribution in [0.15, 0.2) is 29.3 Å². The number of hydrogen-bond donors (Lipinski definition) is 0. The first-order valence-corrected chi connectivity index (χ1v) is 9.13. The van der Waals surface area contributed by atoms with Crippen molar-refractivity contribution in [3.8, 4) is 0 Å². The minimum atomic E-state index is -0.00581. The summed E-state index contributed by atoms with van der Waals surface area (Å²) < 4.78 is 1.51. The molecule has 3 aromatic rings. The van der Waals surface area contributed by atoms with E-state index >= 15 is 0 Å². The summed E-state index contributed by atoms with van der Waals surface area (Å²) in [5.74, 6) is 0. The third-order valence-corrected chi connectivity index (χ3v) is 5.39. The Morgan fingerprint density at radius 3 is 2.68 bits per heavy atom. The standard InChI is InChI=1S/C17H20N6OS/c1-12-19-20-16(25-12)10-22-5-7-23(8-6-22)13-3-4-14-15(9-13)18-11-21(2)17(14)24/h3-4,9,11H,5-8,10H2,1-2H3. The number of fused-ring (bicyclic) bond motifs is 1. The van der Waals surface area contributed by atoms with Crippen molar-refractivity contribution in [3.05, 3.63) is 44.9 Å². The zero-order valence-corrected chi connectivity index (χ0v) is 15.2. The van der Waals surface area contributed by atoms with Crippen molar-refractivity contribution < 1.29 is 0 Å². The number of aromatic nitrogens is 4. The molecule has 4 rings (SSSR count). The summed E-state index contributed by atoms with van der Waals surface area (Å²) in [6, 6.07) is 5.92. The van der Waals surface area contributed by atoms with Gasteiger partial charge in [0.05, 0.1) is 23.8 Å². The third kappa shape index (κ3) is 3.27. The molecule has 2 aromatic heterocycles. The van der Waals surface area contributed by atoms with Crippen molar-refractivity contribution in [2.75, 3.05) is 31.1 Å². The second-order valence-electron chi connectivity index (χ2n) is 6.34. The summed E-state index contributed by atoms with van der Waals surface area (Å²) in [5.41, 5.74) is 1.88. The Bertz CT molecular complexity index is 957. The summed E-state index contributed by atoms with van der Waals surface area (Å²) in [7, 11) is 1.72. The molecule has 25 heavy (non-hydrogen) atoms. The molecule has 0 atom stereocenters. The Hall–Kier alpha value is -2.32. The highest BCUT2D eigenvalue weighted by molar-refractivity contribution is 7.11. The second kappa shape index (κ2) is 6.53. The maximum atomic E-state index is 12.1. The SMILES string of the molecule is Cc1nnc(CN2CCN(c3ccc4c(=O)n(C)cnc4c3)CC2)s1. The minimum absolute atomic E-state index is 0.00581. The van der Waals surface area contributed by atoms with Gasteiger partial charge in [-0.05, 0) is 25.1 Å². The van der Waals surface area contributed by atoms with E-state index in [0.29, 0.717) is 5.39 Å². The highest BCUT2D eigenvalue weighted by Crippen LogP contribution is 2.21. The normalized spacial score (nSPS) is 15.8. The molecule has 1 aliphatic rings. The molecule has 0 spiro atoms. The van der Waals surface area contributed by atoms with Gasteiger partial charge in [-0.2, -0.15) is 0 Å². The predicted molar refractivity (Wildman–Crippen MR) is 99.1 cm³/mol. The summed E-state index contributed by atoms with van der Waals surface area (Å²) in [5, 5.41) is 11.1. The Labute approximate surface area is 149 Å². The lowest BCUT2D eigenvalue weighted by molar-refractivity contribution is 0.249. The number of aryl methyl sites for hydroxylation is 2. The summed E-state index contributed by atoms with van der Waals surface area (Å²) in [4.78, 5) is 21.3.